The molecule has 0 unspecified atom stereocenters. The first-order chi connectivity index (χ1) is 12.9. The number of hydrogen-bond acceptors (Lipinski definition) is 4. The topological polar surface area (TPSA) is 74.7 Å². The van der Waals surface area contributed by atoms with Crippen LogP contribution < -0.4 is 5.32 Å². The summed E-state index contributed by atoms with van der Waals surface area (Å²) in [4.78, 5) is 15.1. The van der Waals surface area contributed by atoms with Crippen molar-refractivity contribution in [2.75, 3.05) is 39.3 Å². The first-order valence-corrected chi connectivity index (χ1v) is 11.5. The number of rotatable bonds is 3. The van der Waals surface area contributed by atoms with Crippen LogP contribution in [-0.2, 0) is 17.1 Å². The van der Waals surface area contributed by atoms with Gasteiger partial charge in [-0.2, -0.15) is 4.31 Å². The van der Waals surface area contributed by atoms with Gasteiger partial charge in [0.05, 0.1) is 0 Å². The number of aryl methyl sites for hydroxylation is 1. The lowest BCUT2D eigenvalue weighted by molar-refractivity contribution is 0.0598. The summed E-state index contributed by atoms with van der Waals surface area (Å²) >= 11 is 0. The molecule has 0 aliphatic carbocycles. The van der Waals surface area contributed by atoms with Crippen molar-refractivity contribution in [1.29, 1.82) is 0 Å². The predicted octanol–water partition coefficient (Wildman–Crippen LogP) is 1.84. The van der Waals surface area contributed by atoms with Crippen LogP contribution in [0.15, 0.2) is 17.2 Å². The van der Waals surface area contributed by atoms with Gasteiger partial charge in [-0.15, -0.1) is 12.4 Å². The minimum Gasteiger partial charge on any atom is -0.345 e. The Labute approximate surface area is 173 Å². The van der Waals surface area contributed by atoms with Gasteiger partial charge in [-0.1, -0.05) is 6.42 Å². The molecular weight excluding hydrogens is 400 g/mol. The Hall–Kier alpha value is -1.09. The molecule has 0 atom stereocenters. The van der Waals surface area contributed by atoms with Crippen LogP contribution in [0.1, 0.15) is 49.0 Å². The van der Waals surface area contributed by atoms with E-state index in [4.69, 9.17) is 0 Å². The molecule has 158 valence electrons. The van der Waals surface area contributed by atoms with Gasteiger partial charge in [-0.25, -0.2) is 8.42 Å². The second-order valence-corrected chi connectivity index (χ2v) is 10.3. The van der Waals surface area contributed by atoms with Crippen LogP contribution in [0.2, 0.25) is 0 Å². The number of amides is 1. The SMILES string of the molecule is Cl.Cn1cc(S(=O)(=O)N2CCCCC2)cc1C(=O)N1CCC2(CCNC2)CC1. The third-order valence-corrected chi connectivity index (χ3v) is 8.46. The molecule has 9 heteroatoms. The molecular formula is C19H31ClN4O3S. The summed E-state index contributed by atoms with van der Waals surface area (Å²) in [5.41, 5.74) is 0.819. The van der Waals surface area contributed by atoms with Crippen LogP contribution in [0.25, 0.3) is 0 Å². The summed E-state index contributed by atoms with van der Waals surface area (Å²) in [6.07, 6.45) is 7.71. The lowest BCUT2D eigenvalue weighted by atomic mass is 9.78. The van der Waals surface area contributed by atoms with Gasteiger partial charge in [0, 0.05) is 46.0 Å². The van der Waals surface area contributed by atoms with Gasteiger partial charge in [0.1, 0.15) is 10.6 Å². The summed E-state index contributed by atoms with van der Waals surface area (Å²) in [5, 5.41) is 3.44. The average Bonchev–Trinajstić information content (AvgIpc) is 3.30. The number of hydrogen-bond donors (Lipinski definition) is 1. The van der Waals surface area contributed by atoms with Crippen LogP contribution in [0.4, 0.5) is 0 Å². The zero-order valence-corrected chi connectivity index (χ0v) is 18.2. The van der Waals surface area contributed by atoms with E-state index < -0.39 is 10.0 Å². The largest absolute Gasteiger partial charge is 0.345 e. The van der Waals surface area contributed by atoms with Gasteiger partial charge >= 0.3 is 0 Å². The first-order valence-electron chi connectivity index (χ1n) is 10.1. The van der Waals surface area contributed by atoms with E-state index in [0.29, 0.717) is 24.2 Å². The molecule has 7 nitrogen and oxygen atoms in total. The van der Waals surface area contributed by atoms with E-state index in [1.165, 1.54) is 6.42 Å². The van der Waals surface area contributed by atoms with Crippen molar-refractivity contribution in [3.63, 3.8) is 0 Å². The minimum absolute atomic E-state index is 0. The Morgan fingerprint density at radius 3 is 2.36 bits per heavy atom. The Kier molecular flexibility index (Phi) is 6.44. The van der Waals surface area contributed by atoms with Gasteiger partial charge in [0.25, 0.3) is 5.91 Å². The highest BCUT2D eigenvalue weighted by Crippen LogP contribution is 2.37. The second kappa shape index (κ2) is 8.34. The number of nitrogens with zero attached hydrogens (tertiary/aromatic N) is 3. The standard InChI is InChI=1S/C19H30N4O3S.ClH/c1-21-14-16(27(25,26)23-9-3-2-4-10-23)13-17(21)18(24)22-11-6-19(7-12-22)5-8-20-15-19;/h13-14,20H,2-12,15H2,1H3;1H. The highest BCUT2D eigenvalue weighted by molar-refractivity contribution is 7.89. The fraction of sp³-hybridized carbons (Fsp3) is 0.737. The molecule has 28 heavy (non-hydrogen) atoms. The molecule has 0 aromatic carbocycles. The van der Waals surface area contributed by atoms with E-state index in [-0.39, 0.29) is 23.2 Å². The van der Waals surface area contributed by atoms with Gasteiger partial charge in [0.2, 0.25) is 10.0 Å². The number of carbonyl (C=O) groups is 1. The van der Waals surface area contributed by atoms with Crippen molar-refractivity contribution in [2.24, 2.45) is 12.5 Å². The Morgan fingerprint density at radius 2 is 1.75 bits per heavy atom. The lowest BCUT2D eigenvalue weighted by Gasteiger charge is -2.38. The number of halogens is 1. The van der Waals surface area contributed by atoms with Crippen LogP contribution in [0.3, 0.4) is 0 Å². The van der Waals surface area contributed by atoms with Gasteiger partial charge in [-0.05, 0) is 50.1 Å². The number of piperidine rings is 2. The van der Waals surface area contributed by atoms with Gasteiger partial charge in [-0.3, -0.25) is 4.79 Å². The molecule has 1 aromatic rings. The Balaban J connectivity index is 0.00000225. The number of likely N-dealkylation sites (tertiary alicyclic amines) is 1. The fourth-order valence-corrected chi connectivity index (χ4v) is 6.30. The first kappa shape index (κ1) is 21.6. The summed E-state index contributed by atoms with van der Waals surface area (Å²) < 4.78 is 29.0. The average molecular weight is 431 g/mol. The number of sulfonamides is 1. The molecule has 1 N–H and O–H groups in total. The number of nitrogens with one attached hydrogen (secondary N) is 1. The van der Waals surface area contributed by atoms with Crippen LogP contribution >= 0.6 is 12.4 Å². The normalized spacial score (nSPS) is 23.0. The van der Waals surface area contributed by atoms with E-state index in [1.54, 1.807) is 28.2 Å². The summed E-state index contributed by atoms with van der Waals surface area (Å²) in [7, 11) is -1.75. The molecule has 0 bridgehead atoms. The second-order valence-electron chi connectivity index (χ2n) is 8.36. The summed E-state index contributed by atoms with van der Waals surface area (Å²) in [6, 6.07) is 1.56. The van der Waals surface area contributed by atoms with Crippen LogP contribution in [0, 0.1) is 5.41 Å². The molecule has 4 heterocycles. The smallest absolute Gasteiger partial charge is 0.270 e. The molecule has 3 fully saturated rings. The minimum atomic E-state index is -3.51. The van der Waals surface area contributed by atoms with Crippen molar-refractivity contribution >= 4 is 28.3 Å². The zero-order chi connectivity index (χ0) is 19.1. The highest BCUT2D eigenvalue weighted by Gasteiger charge is 2.39. The van der Waals surface area contributed by atoms with Crippen LogP contribution in [-0.4, -0.2) is 67.4 Å². The molecule has 0 saturated carbocycles. The van der Waals surface area contributed by atoms with E-state index >= 15 is 0 Å². The molecule has 1 aromatic heterocycles. The van der Waals surface area contributed by atoms with E-state index in [9.17, 15) is 13.2 Å². The van der Waals surface area contributed by atoms with E-state index in [2.05, 4.69) is 5.32 Å². The van der Waals surface area contributed by atoms with Gasteiger partial charge < -0.3 is 14.8 Å². The maximum atomic E-state index is 13.0. The third kappa shape index (κ3) is 3.97. The number of carbonyl (C=O) groups excluding carboxylic acids is 1. The van der Waals surface area contributed by atoms with Crippen molar-refractivity contribution in [3.05, 3.63) is 18.0 Å². The molecule has 1 amide bonds. The third-order valence-electron chi connectivity index (χ3n) is 6.60. The summed E-state index contributed by atoms with van der Waals surface area (Å²) in [6.45, 7) is 4.77. The van der Waals surface area contributed by atoms with Crippen molar-refractivity contribution in [3.8, 4) is 0 Å². The zero-order valence-electron chi connectivity index (χ0n) is 16.5. The van der Waals surface area contributed by atoms with Crippen LogP contribution in [0.5, 0.6) is 0 Å². The molecule has 1 spiro atoms. The highest BCUT2D eigenvalue weighted by atomic mass is 35.5. The monoisotopic (exact) mass is 430 g/mol. The fourth-order valence-electron chi connectivity index (χ4n) is 4.71. The van der Waals surface area contributed by atoms with E-state index in [1.807, 2.05) is 4.90 Å². The molecule has 3 aliphatic rings. The van der Waals surface area contributed by atoms with Crippen molar-refractivity contribution in [1.82, 2.24) is 19.1 Å². The van der Waals surface area contributed by atoms with Crippen molar-refractivity contribution in [2.45, 2.75) is 43.4 Å². The molecule has 4 rings (SSSR count). The van der Waals surface area contributed by atoms with Gasteiger partial charge in [0.15, 0.2) is 0 Å². The van der Waals surface area contributed by atoms with E-state index in [0.717, 1.165) is 58.3 Å². The predicted molar refractivity (Wildman–Crippen MR) is 110 cm³/mol. The number of aromatic nitrogens is 1. The quantitative estimate of drug-likeness (QED) is 0.793. The maximum absolute atomic E-state index is 13.0. The summed E-state index contributed by atoms with van der Waals surface area (Å²) in [5.74, 6) is -0.0570. The molecule has 0 radical (unpaired) electrons. The Morgan fingerprint density at radius 1 is 1.07 bits per heavy atom. The molecule has 3 saturated heterocycles. The molecule has 3 aliphatic heterocycles. The maximum Gasteiger partial charge on any atom is 0.270 e. The van der Waals surface area contributed by atoms with Crippen molar-refractivity contribution < 1.29 is 13.2 Å². The lowest BCUT2D eigenvalue weighted by Crippen LogP contribution is -2.44. The Bertz CT molecular complexity index is 801.